The van der Waals surface area contributed by atoms with Crippen LogP contribution in [0.15, 0.2) is 40.8 Å². The fraction of sp³-hybridized carbons (Fsp3) is 0.273. The van der Waals surface area contributed by atoms with E-state index in [0.717, 1.165) is 6.42 Å². The number of nitrogens with one attached hydrogen (secondary N) is 1. The molecule has 1 aromatic heterocycles. The van der Waals surface area contributed by atoms with Gasteiger partial charge in [-0.1, -0.05) is 30.7 Å². The van der Waals surface area contributed by atoms with Crippen molar-refractivity contribution in [2.45, 2.75) is 39.2 Å². The maximum absolute atomic E-state index is 12.9. The smallest absolute Gasteiger partial charge is 0.291 e. The number of fused-ring (bicyclic) bond motifs is 3. The number of ketones is 1. The Morgan fingerprint density at radius 3 is 2.71 bits per heavy atom. The first kappa shape index (κ1) is 18.6. The van der Waals surface area contributed by atoms with E-state index >= 15 is 0 Å². The van der Waals surface area contributed by atoms with E-state index in [9.17, 15) is 9.59 Å². The Labute approximate surface area is 167 Å². The van der Waals surface area contributed by atoms with Gasteiger partial charge in [0.2, 0.25) is 0 Å². The lowest BCUT2D eigenvalue weighted by Crippen LogP contribution is -2.38. The third-order valence-corrected chi connectivity index (χ3v) is 5.63. The van der Waals surface area contributed by atoms with Crippen molar-refractivity contribution in [1.82, 2.24) is 0 Å². The third kappa shape index (κ3) is 2.96. The number of halogens is 1. The number of carbonyl (C=O) groups is 2. The number of amides is 1. The van der Waals surface area contributed by atoms with Gasteiger partial charge in [0.25, 0.3) is 5.91 Å². The topological polar surface area (TPSA) is 68.5 Å². The van der Waals surface area contributed by atoms with E-state index in [1.54, 1.807) is 43.3 Å². The first-order valence-electron chi connectivity index (χ1n) is 9.17. The van der Waals surface area contributed by atoms with Gasteiger partial charge in [-0.2, -0.15) is 0 Å². The van der Waals surface area contributed by atoms with E-state index in [1.165, 1.54) is 0 Å². The maximum Gasteiger partial charge on any atom is 0.291 e. The lowest BCUT2D eigenvalue weighted by atomic mass is 9.87. The molecule has 0 radical (unpaired) electrons. The summed E-state index contributed by atoms with van der Waals surface area (Å²) < 4.78 is 11.9. The molecule has 1 aliphatic rings. The minimum absolute atomic E-state index is 0.00170. The summed E-state index contributed by atoms with van der Waals surface area (Å²) in [5.74, 6) is 0.270. The highest BCUT2D eigenvalue weighted by molar-refractivity contribution is 6.34. The second-order valence-corrected chi connectivity index (χ2v) is 7.71. The fourth-order valence-electron chi connectivity index (χ4n) is 3.57. The molecule has 144 valence electrons. The highest BCUT2D eigenvalue weighted by Crippen LogP contribution is 2.41. The average molecular weight is 398 g/mol. The second-order valence-electron chi connectivity index (χ2n) is 7.31. The summed E-state index contributed by atoms with van der Waals surface area (Å²) in [7, 11) is 0. The van der Waals surface area contributed by atoms with Crippen molar-refractivity contribution in [1.29, 1.82) is 0 Å². The molecule has 0 aliphatic carbocycles. The van der Waals surface area contributed by atoms with Gasteiger partial charge in [-0.05, 0) is 44.5 Å². The van der Waals surface area contributed by atoms with Crippen molar-refractivity contribution in [2.24, 2.45) is 0 Å². The first-order valence-corrected chi connectivity index (χ1v) is 9.55. The number of benzene rings is 2. The average Bonchev–Trinajstić information content (AvgIpc) is 3.00. The number of anilines is 1. The molecule has 1 amide bonds. The molecule has 0 spiro atoms. The minimum atomic E-state index is -0.514. The van der Waals surface area contributed by atoms with E-state index in [1.807, 2.05) is 13.8 Å². The monoisotopic (exact) mass is 397 g/mol. The summed E-state index contributed by atoms with van der Waals surface area (Å²) in [4.78, 5) is 25.7. The number of para-hydroxylation sites is 1. The molecule has 0 saturated heterocycles. The molecule has 0 bridgehead atoms. The predicted molar refractivity (Wildman–Crippen MR) is 109 cm³/mol. The van der Waals surface area contributed by atoms with Gasteiger partial charge in [-0.25, -0.2) is 0 Å². The quantitative estimate of drug-likeness (QED) is 0.608. The Morgan fingerprint density at radius 2 is 2.00 bits per heavy atom. The minimum Gasteiger partial charge on any atom is -0.486 e. The molecule has 3 aromatic rings. The molecule has 2 aromatic carbocycles. The number of ether oxygens (including phenoxy) is 1. The van der Waals surface area contributed by atoms with Crippen LogP contribution in [0.3, 0.4) is 0 Å². The van der Waals surface area contributed by atoms with E-state index < -0.39 is 11.5 Å². The summed E-state index contributed by atoms with van der Waals surface area (Å²) in [6.45, 7) is 5.70. The lowest BCUT2D eigenvalue weighted by Gasteiger charge is -2.34. The van der Waals surface area contributed by atoms with E-state index in [0.29, 0.717) is 45.0 Å². The molecule has 1 N–H and O–H groups in total. The maximum atomic E-state index is 12.9. The zero-order valence-corrected chi connectivity index (χ0v) is 16.6. The largest absolute Gasteiger partial charge is 0.486 e. The van der Waals surface area contributed by atoms with Crippen LogP contribution < -0.4 is 10.1 Å². The van der Waals surface area contributed by atoms with E-state index in [4.69, 9.17) is 20.8 Å². The van der Waals surface area contributed by atoms with Crippen LogP contribution in [0.1, 0.15) is 53.2 Å². The van der Waals surface area contributed by atoms with Crippen LogP contribution in [0.2, 0.25) is 5.02 Å². The van der Waals surface area contributed by atoms with Gasteiger partial charge in [0.15, 0.2) is 11.5 Å². The van der Waals surface area contributed by atoms with Crippen LogP contribution in [0.25, 0.3) is 11.0 Å². The highest BCUT2D eigenvalue weighted by Gasteiger charge is 2.37. The molecule has 5 nitrogen and oxygen atoms in total. The molecule has 1 aliphatic heterocycles. The Bertz CT molecular complexity index is 1120. The van der Waals surface area contributed by atoms with Crippen LogP contribution in [0, 0.1) is 6.92 Å². The van der Waals surface area contributed by atoms with Crippen molar-refractivity contribution in [3.8, 4) is 5.75 Å². The van der Waals surface area contributed by atoms with Crippen molar-refractivity contribution >= 4 is 39.9 Å². The van der Waals surface area contributed by atoms with Crippen LogP contribution in [-0.2, 0) is 0 Å². The first-order chi connectivity index (χ1) is 13.3. The number of furan rings is 1. The van der Waals surface area contributed by atoms with Crippen molar-refractivity contribution in [3.63, 3.8) is 0 Å². The zero-order valence-electron chi connectivity index (χ0n) is 15.9. The molecule has 0 unspecified atom stereocenters. The fourth-order valence-corrected chi connectivity index (χ4v) is 3.75. The van der Waals surface area contributed by atoms with Crippen molar-refractivity contribution in [2.75, 3.05) is 5.32 Å². The highest BCUT2D eigenvalue weighted by atomic mass is 35.5. The molecule has 6 heteroatoms. The van der Waals surface area contributed by atoms with E-state index in [-0.39, 0.29) is 11.5 Å². The van der Waals surface area contributed by atoms with Crippen LogP contribution in [-0.4, -0.2) is 17.3 Å². The Morgan fingerprint density at radius 1 is 1.25 bits per heavy atom. The predicted octanol–water partition coefficient (Wildman–Crippen LogP) is 5.78. The Hall–Kier alpha value is -2.79. The van der Waals surface area contributed by atoms with E-state index in [2.05, 4.69) is 5.32 Å². The third-order valence-electron chi connectivity index (χ3n) is 5.30. The summed E-state index contributed by atoms with van der Waals surface area (Å²) in [6, 6.07) is 10.4. The van der Waals surface area contributed by atoms with Gasteiger partial charge >= 0.3 is 0 Å². The molecule has 2 heterocycles. The van der Waals surface area contributed by atoms with Gasteiger partial charge in [0.05, 0.1) is 22.7 Å². The molecular weight excluding hydrogens is 378 g/mol. The van der Waals surface area contributed by atoms with Crippen LogP contribution in [0.5, 0.6) is 5.75 Å². The summed E-state index contributed by atoms with van der Waals surface area (Å²) in [6.07, 6.45) is 1.02. The van der Waals surface area contributed by atoms with Gasteiger partial charge in [0, 0.05) is 10.9 Å². The van der Waals surface area contributed by atoms with Gasteiger partial charge in [-0.3, -0.25) is 9.59 Å². The summed E-state index contributed by atoms with van der Waals surface area (Å²) in [5, 5.41) is 3.83. The second kappa shape index (κ2) is 6.67. The molecule has 28 heavy (non-hydrogen) atoms. The number of carbonyl (C=O) groups excluding carboxylic acids is 2. The summed E-state index contributed by atoms with van der Waals surface area (Å²) in [5.41, 5.74) is 1.56. The van der Waals surface area contributed by atoms with Crippen molar-refractivity contribution < 1.29 is 18.7 Å². The SMILES string of the molecule is CC[C@]1(C)CC(=O)c2c(ccc3oc(C(=O)Nc4ccccc4Cl)c(C)c23)O1. The molecule has 0 fully saturated rings. The molecule has 0 saturated carbocycles. The zero-order chi connectivity index (χ0) is 20.1. The van der Waals surface area contributed by atoms with Crippen LogP contribution in [0.4, 0.5) is 5.69 Å². The number of aryl methyl sites for hydroxylation is 1. The lowest BCUT2D eigenvalue weighted by molar-refractivity contribution is 0.0503. The molecule has 1 atom stereocenters. The van der Waals surface area contributed by atoms with Crippen LogP contribution >= 0.6 is 11.6 Å². The Balaban J connectivity index is 1.78. The molecule has 4 rings (SSSR count). The number of Topliss-reactive ketones (excluding diaryl/α,β-unsaturated/α-hetero) is 1. The van der Waals surface area contributed by atoms with Crippen molar-refractivity contribution in [3.05, 3.63) is 58.3 Å². The standard InChI is InChI=1S/C22H20ClNO4/c1-4-22(3)11-15(25)19-17(28-22)10-9-16-18(19)12(2)20(27-16)21(26)24-14-8-6-5-7-13(14)23/h5-10H,4,11H2,1-3H3,(H,24,26)/t22-/m1/s1. The van der Waals surface area contributed by atoms with Gasteiger partial charge in [-0.15, -0.1) is 0 Å². The number of rotatable bonds is 3. The summed E-state index contributed by atoms with van der Waals surface area (Å²) >= 11 is 6.12. The molecular formula is C22H20ClNO4. The van der Waals surface area contributed by atoms with Gasteiger partial charge in [0.1, 0.15) is 16.9 Å². The Kier molecular flexibility index (Phi) is 4.42. The van der Waals surface area contributed by atoms with Gasteiger partial charge < -0.3 is 14.5 Å². The normalized spacial score (nSPS) is 18.6. The number of hydrogen-bond donors (Lipinski definition) is 1. The number of hydrogen-bond acceptors (Lipinski definition) is 4.